The Morgan fingerprint density at radius 3 is 1.84 bits per heavy atom. The van der Waals surface area contributed by atoms with Crippen LogP contribution in [-0.4, -0.2) is 24.1 Å². The second kappa shape index (κ2) is 8.72. The number of aromatic nitrogens is 5. The zero-order valence-corrected chi connectivity index (χ0v) is 23.5. The van der Waals surface area contributed by atoms with Gasteiger partial charge in [0.1, 0.15) is 5.82 Å². The maximum absolute atomic E-state index is 5.36. The fourth-order valence-corrected chi connectivity index (χ4v) is 7.17. The molecule has 0 N–H and O–H groups in total. The molecule has 5 aromatic heterocycles. The van der Waals surface area contributed by atoms with E-state index in [2.05, 4.69) is 124 Å². The molecule has 5 aromatic carbocycles. The summed E-state index contributed by atoms with van der Waals surface area (Å²) in [4.78, 5) is 15.1. The second-order valence-electron chi connectivity index (χ2n) is 11.3. The van der Waals surface area contributed by atoms with Crippen molar-refractivity contribution >= 4 is 76.3 Å². The molecule has 44 heavy (non-hydrogen) atoms. The third-order valence-corrected chi connectivity index (χ3v) is 8.95. The maximum Gasteiger partial charge on any atom is 0.138 e. The fourth-order valence-electron chi connectivity index (χ4n) is 7.17. The van der Waals surface area contributed by atoms with Gasteiger partial charge < -0.3 is 4.57 Å². The first kappa shape index (κ1) is 23.5. The van der Waals surface area contributed by atoms with E-state index in [-0.39, 0.29) is 0 Å². The highest BCUT2D eigenvalue weighted by molar-refractivity contribution is 6.36. The lowest BCUT2D eigenvalue weighted by atomic mass is 10.0. The summed E-state index contributed by atoms with van der Waals surface area (Å²) in [5.41, 5.74) is 8.38. The zero-order chi connectivity index (χ0) is 28.8. The van der Waals surface area contributed by atoms with E-state index < -0.39 is 0 Å². The van der Waals surface area contributed by atoms with Crippen LogP contribution >= 0.6 is 0 Å². The first-order chi connectivity index (χ1) is 21.9. The molecule has 0 aliphatic rings. The van der Waals surface area contributed by atoms with Crippen LogP contribution in [0.25, 0.3) is 87.8 Å². The summed E-state index contributed by atoms with van der Waals surface area (Å²) in [5.74, 6) is 0.864. The van der Waals surface area contributed by atoms with E-state index in [0.29, 0.717) is 0 Å². The number of fused-ring (bicyclic) bond motifs is 13. The van der Waals surface area contributed by atoms with Crippen LogP contribution < -0.4 is 0 Å². The molecule has 0 saturated heterocycles. The molecule has 0 fully saturated rings. The van der Waals surface area contributed by atoms with Crippen molar-refractivity contribution in [2.24, 2.45) is 0 Å². The highest BCUT2D eigenvalue weighted by atomic mass is 15.1. The predicted octanol–water partition coefficient (Wildman–Crippen LogP) is 9.53. The third-order valence-electron chi connectivity index (χ3n) is 8.95. The highest BCUT2D eigenvalue weighted by Crippen LogP contribution is 2.46. The average Bonchev–Trinajstić information content (AvgIpc) is 3.62. The molecule has 0 bridgehead atoms. The third kappa shape index (κ3) is 3.05. The Morgan fingerprint density at radius 2 is 1.02 bits per heavy atom. The SMILES string of the molecule is c1ccc(-n2c3ccccc3c3c2c2ncccc2c2c4ccccc4n(-c4ccc5ccc6cccnc6c5n4)c23)cc1. The van der Waals surface area contributed by atoms with Gasteiger partial charge in [0.25, 0.3) is 0 Å². The molecule has 0 amide bonds. The van der Waals surface area contributed by atoms with Crippen LogP contribution in [0.5, 0.6) is 0 Å². The van der Waals surface area contributed by atoms with E-state index in [1.54, 1.807) is 0 Å². The van der Waals surface area contributed by atoms with Crippen LogP contribution in [0.1, 0.15) is 0 Å². The molecular formula is C39H23N5. The zero-order valence-electron chi connectivity index (χ0n) is 23.5. The van der Waals surface area contributed by atoms with Crippen molar-refractivity contribution in [3.05, 3.63) is 140 Å². The molecule has 0 saturated carbocycles. The average molecular weight is 562 g/mol. The molecule has 5 nitrogen and oxygen atoms in total. The number of pyridine rings is 3. The van der Waals surface area contributed by atoms with Gasteiger partial charge in [0, 0.05) is 55.8 Å². The lowest BCUT2D eigenvalue weighted by Crippen LogP contribution is -1.99. The van der Waals surface area contributed by atoms with Crippen LogP contribution in [0.2, 0.25) is 0 Å². The number of hydrogen-bond donors (Lipinski definition) is 0. The van der Waals surface area contributed by atoms with Crippen molar-refractivity contribution < 1.29 is 0 Å². The molecule has 0 atom stereocenters. The van der Waals surface area contributed by atoms with Crippen molar-refractivity contribution in [1.82, 2.24) is 24.1 Å². The fraction of sp³-hybridized carbons (Fsp3) is 0. The molecule has 0 aliphatic heterocycles. The van der Waals surface area contributed by atoms with E-state index in [9.17, 15) is 0 Å². The summed E-state index contributed by atoms with van der Waals surface area (Å²) < 4.78 is 4.72. The lowest BCUT2D eigenvalue weighted by molar-refractivity contribution is 1.11. The van der Waals surface area contributed by atoms with Gasteiger partial charge >= 0.3 is 0 Å². The minimum absolute atomic E-state index is 0.864. The Bertz CT molecular complexity index is 2770. The molecule has 0 radical (unpaired) electrons. The summed E-state index contributed by atoms with van der Waals surface area (Å²) >= 11 is 0. The maximum atomic E-state index is 5.36. The quantitative estimate of drug-likeness (QED) is 0.198. The van der Waals surface area contributed by atoms with Crippen molar-refractivity contribution in [3.63, 3.8) is 0 Å². The summed E-state index contributed by atoms with van der Waals surface area (Å²) in [6.45, 7) is 0. The monoisotopic (exact) mass is 561 g/mol. The van der Waals surface area contributed by atoms with Gasteiger partial charge in [-0.3, -0.25) is 14.5 Å². The molecule has 0 aliphatic carbocycles. The Balaban J connectivity index is 1.49. The predicted molar refractivity (Wildman–Crippen MR) is 181 cm³/mol. The van der Waals surface area contributed by atoms with Gasteiger partial charge in [-0.25, -0.2) is 4.98 Å². The minimum Gasteiger partial charge on any atom is -0.307 e. The Hall–Kier alpha value is -6.07. The molecule has 0 unspecified atom stereocenters. The highest BCUT2D eigenvalue weighted by Gasteiger charge is 2.25. The molecule has 5 heterocycles. The number of para-hydroxylation sites is 3. The molecule has 10 aromatic rings. The second-order valence-corrected chi connectivity index (χ2v) is 11.3. The molecule has 204 valence electrons. The van der Waals surface area contributed by atoms with Gasteiger partial charge in [-0.15, -0.1) is 0 Å². The van der Waals surface area contributed by atoms with Gasteiger partial charge in [-0.05, 0) is 48.5 Å². The van der Waals surface area contributed by atoms with Crippen LogP contribution in [0.3, 0.4) is 0 Å². The number of benzene rings is 5. The van der Waals surface area contributed by atoms with Gasteiger partial charge in [0.2, 0.25) is 0 Å². The van der Waals surface area contributed by atoms with Crippen LogP contribution in [0, 0.1) is 0 Å². The molecule has 5 heteroatoms. The summed E-state index contributed by atoms with van der Waals surface area (Å²) in [6, 6.07) is 44.8. The molecular weight excluding hydrogens is 538 g/mol. The Kier molecular flexibility index (Phi) is 4.66. The van der Waals surface area contributed by atoms with Crippen molar-refractivity contribution in [1.29, 1.82) is 0 Å². The first-order valence-corrected chi connectivity index (χ1v) is 14.8. The summed E-state index contributed by atoms with van der Waals surface area (Å²) in [6.07, 6.45) is 3.75. The number of nitrogens with zero attached hydrogens (tertiary/aromatic N) is 5. The van der Waals surface area contributed by atoms with Crippen molar-refractivity contribution in [3.8, 4) is 11.5 Å². The standard InChI is InChI=1S/C39H23N5/c1-2-11-26(12-3-1)43-30-16-6-5-14-28(30)34-38-33(29-15-9-23-41-37(29)39(34)43)27-13-4-7-17-31(27)44(38)32-21-20-25-19-18-24-10-8-22-40-35(24)36(25)42-32/h1-23H. The Labute approximate surface area is 251 Å². The largest absolute Gasteiger partial charge is 0.307 e. The number of hydrogen-bond acceptors (Lipinski definition) is 3. The lowest BCUT2D eigenvalue weighted by Gasteiger charge is -2.12. The van der Waals surface area contributed by atoms with E-state index in [1.165, 1.54) is 21.5 Å². The van der Waals surface area contributed by atoms with Crippen LogP contribution in [0.15, 0.2) is 140 Å². The summed E-state index contributed by atoms with van der Waals surface area (Å²) in [7, 11) is 0. The van der Waals surface area contributed by atoms with Gasteiger partial charge in [-0.2, -0.15) is 0 Å². The van der Waals surface area contributed by atoms with Crippen LogP contribution in [0.4, 0.5) is 0 Å². The Morgan fingerprint density at radius 1 is 0.409 bits per heavy atom. The van der Waals surface area contributed by atoms with Crippen molar-refractivity contribution in [2.45, 2.75) is 0 Å². The molecule has 0 spiro atoms. The van der Waals surface area contributed by atoms with Gasteiger partial charge in [0.15, 0.2) is 0 Å². The van der Waals surface area contributed by atoms with E-state index in [0.717, 1.165) is 66.3 Å². The first-order valence-electron chi connectivity index (χ1n) is 14.8. The van der Waals surface area contributed by atoms with Crippen LogP contribution in [-0.2, 0) is 0 Å². The van der Waals surface area contributed by atoms with E-state index in [4.69, 9.17) is 15.0 Å². The van der Waals surface area contributed by atoms with Gasteiger partial charge in [0.05, 0.1) is 38.6 Å². The van der Waals surface area contributed by atoms with Gasteiger partial charge in [-0.1, -0.05) is 78.9 Å². The van der Waals surface area contributed by atoms with Crippen molar-refractivity contribution in [2.75, 3.05) is 0 Å². The molecule has 10 rings (SSSR count). The number of rotatable bonds is 2. The topological polar surface area (TPSA) is 48.5 Å². The summed E-state index contributed by atoms with van der Waals surface area (Å²) in [5, 5.41) is 7.99. The smallest absolute Gasteiger partial charge is 0.138 e. The minimum atomic E-state index is 0.864. The van der Waals surface area contributed by atoms with E-state index >= 15 is 0 Å². The normalized spacial score (nSPS) is 12.1. The van der Waals surface area contributed by atoms with E-state index in [1.807, 2.05) is 24.5 Å².